The zero-order valence-corrected chi connectivity index (χ0v) is 13.1. The fourth-order valence-corrected chi connectivity index (χ4v) is 3.37. The predicted molar refractivity (Wildman–Crippen MR) is 77.9 cm³/mol. The Morgan fingerprint density at radius 2 is 2.19 bits per heavy atom. The number of nitrogens with one attached hydrogen (secondary N) is 1. The molecule has 2 fully saturated rings. The number of nitrogens with zero attached hydrogens (tertiary/aromatic N) is 3. The average Bonchev–Trinajstić information content (AvgIpc) is 3.02. The second-order valence-electron chi connectivity index (χ2n) is 6.27. The molecule has 1 heterocycles. The Morgan fingerprint density at radius 3 is 2.76 bits per heavy atom. The molecule has 0 spiro atoms. The van der Waals surface area contributed by atoms with Crippen LogP contribution in [0.1, 0.15) is 56.7 Å². The van der Waals surface area contributed by atoms with E-state index in [1.807, 2.05) is 25.5 Å². The lowest BCUT2D eigenvalue weighted by Gasteiger charge is -2.28. The summed E-state index contributed by atoms with van der Waals surface area (Å²) in [5, 5.41) is 8.02. The van der Waals surface area contributed by atoms with Crippen LogP contribution in [0.2, 0.25) is 0 Å². The van der Waals surface area contributed by atoms with Crippen LogP contribution in [-0.4, -0.2) is 38.9 Å². The molecule has 2 atom stereocenters. The molecule has 0 amide bonds. The summed E-state index contributed by atoms with van der Waals surface area (Å²) in [5.41, 5.74) is -0.534. The summed E-state index contributed by atoms with van der Waals surface area (Å²) in [4.78, 5) is 16.8. The van der Waals surface area contributed by atoms with Gasteiger partial charge in [0.1, 0.15) is 17.2 Å². The predicted octanol–water partition coefficient (Wildman–Crippen LogP) is 1.67. The van der Waals surface area contributed by atoms with Gasteiger partial charge in [0.2, 0.25) is 0 Å². The molecule has 0 bridgehead atoms. The lowest BCUT2D eigenvalue weighted by atomic mass is 9.97. The first-order chi connectivity index (χ1) is 10.0. The maximum atomic E-state index is 12.5. The summed E-state index contributed by atoms with van der Waals surface area (Å²) in [7, 11) is 0. The van der Waals surface area contributed by atoms with E-state index in [0.29, 0.717) is 12.6 Å². The van der Waals surface area contributed by atoms with E-state index in [4.69, 9.17) is 4.74 Å². The lowest BCUT2D eigenvalue weighted by Crippen LogP contribution is -2.52. The van der Waals surface area contributed by atoms with Crippen LogP contribution in [0.3, 0.4) is 0 Å². The molecule has 21 heavy (non-hydrogen) atoms. The monoisotopic (exact) mass is 292 g/mol. The highest BCUT2D eigenvalue weighted by Crippen LogP contribution is 2.41. The summed E-state index contributed by atoms with van der Waals surface area (Å²) in [6, 6.07) is 0.702. The van der Waals surface area contributed by atoms with Crippen molar-refractivity contribution >= 4 is 5.97 Å². The lowest BCUT2D eigenvalue weighted by molar-refractivity contribution is -0.151. The highest BCUT2D eigenvalue weighted by atomic mass is 16.5. The van der Waals surface area contributed by atoms with Gasteiger partial charge in [-0.05, 0) is 52.9 Å². The molecule has 6 nitrogen and oxygen atoms in total. The minimum absolute atomic E-state index is 0.103. The minimum atomic E-state index is -0.534. The zero-order chi connectivity index (χ0) is 15.0. The SMILES string of the molecule is CCOC(=O)C1(NC2CC2)CCC(n2nc(C)nc2C)C1. The molecule has 1 aromatic rings. The van der Waals surface area contributed by atoms with E-state index in [9.17, 15) is 4.79 Å². The minimum Gasteiger partial charge on any atom is -0.465 e. The van der Waals surface area contributed by atoms with Crippen molar-refractivity contribution in [1.82, 2.24) is 20.1 Å². The quantitative estimate of drug-likeness (QED) is 0.836. The number of ether oxygens (including phenoxy) is 1. The van der Waals surface area contributed by atoms with Crippen molar-refractivity contribution in [3.05, 3.63) is 11.6 Å². The Balaban J connectivity index is 1.79. The summed E-state index contributed by atoms with van der Waals surface area (Å²) in [6.45, 7) is 6.16. The maximum Gasteiger partial charge on any atom is 0.326 e. The third kappa shape index (κ3) is 2.81. The van der Waals surface area contributed by atoms with Gasteiger partial charge < -0.3 is 4.74 Å². The van der Waals surface area contributed by atoms with Gasteiger partial charge >= 0.3 is 5.97 Å². The first kappa shape index (κ1) is 14.5. The molecule has 0 saturated heterocycles. The highest BCUT2D eigenvalue weighted by Gasteiger charge is 2.49. The van der Waals surface area contributed by atoms with E-state index >= 15 is 0 Å². The molecule has 1 N–H and O–H groups in total. The Morgan fingerprint density at radius 1 is 1.43 bits per heavy atom. The van der Waals surface area contributed by atoms with Crippen molar-refractivity contribution in [2.24, 2.45) is 0 Å². The number of esters is 1. The van der Waals surface area contributed by atoms with Crippen LogP contribution in [0.5, 0.6) is 0 Å². The van der Waals surface area contributed by atoms with Gasteiger partial charge in [0, 0.05) is 6.04 Å². The molecular formula is C15H24N4O2. The van der Waals surface area contributed by atoms with Crippen LogP contribution in [0, 0.1) is 13.8 Å². The number of rotatable bonds is 5. The zero-order valence-electron chi connectivity index (χ0n) is 13.1. The number of aromatic nitrogens is 3. The molecule has 2 saturated carbocycles. The first-order valence-corrected chi connectivity index (χ1v) is 7.89. The Hall–Kier alpha value is -1.43. The van der Waals surface area contributed by atoms with Crippen molar-refractivity contribution in [2.75, 3.05) is 6.61 Å². The highest BCUT2D eigenvalue weighted by molar-refractivity contribution is 5.81. The van der Waals surface area contributed by atoms with Crippen LogP contribution in [-0.2, 0) is 9.53 Å². The molecule has 1 aromatic heterocycles. The van der Waals surface area contributed by atoms with E-state index in [1.54, 1.807) is 0 Å². The summed E-state index contributed by atoms with van der Waals surface area (Å²) in [6.07, 6.45) is 4.81. The van der Waals surface area contributed by atoms with Gasteiger partial charge in [-0.2, -0.15) is 5.10 Å². The van der Waals surface area contributed by atoms with Crippen molar-refractivity contribution < 1.29 is 9.53 Å². The van der Waals surface area contributed by atoms with Gasteiger partial charge in [-0.1, -0.05) is 0 Å². The summed E-state index contributed by atoms with van der Waals surface area (Å²) in [5.74, 6) is 1.61. The third-order valence-corrected chi connectivity index (χ3v) is 4.47. The van der Waals surface area contributed by atoms with Crippen LogP contribution in [0.4, 0.5) is 0 Å². The second-order valence-corrected chi connectivity index (χ2v) is 6.27. The summed E-state index contributed by atoms with van der Waals surface area (Å²) < 4.78 is 7.31. The number of hydrogen-bond donors (Lipinski definition) is 1. The van der Waals surface area contributed by atoms with Crippen LogP contribution in [0.25, 0.3) is 0 Å². The average molecular weight is 292 g/mol. The van der Waals surface area contributed by atoms with Crippen LogP contribution >= 0.6 is 0 Å². The van der Waals surface area contributed by atoms with E-state index < -0.39 is 5.54 Å². The molecule has 0 radical (unpaired) electrons. The van der Waals surface area contributed by atoms with Crippen LogP contribution in [0.15, 0.2) is 0 Å². The van der Waals surface area contributed by atoms with Crippen molar-refractivity contribution in [3.8, 4) is 0 Å². The van der Waals surface area contributed by atoms with Gasteiger partial charge in [0.25, 0.3) is 0 Å². The summed E-state index contributed by atoms with van der Waals surface area (Å²) >= 11 is 0. The molecule has 3 rings (SSSR count). The number of carbonyl (C=O) groups is 1. The fourth-order valence-electron chi connectivity index (χ4n) is 3.37. The molecule has 116 valence electrons. The van der Waals surface area contributed by atoms with Gasteiger partial charge in [-0.3, -0.25) is 10.1 Å². The third-order valence-electron chi connectivity index (χ3n) is 4.47. The number of aryl methyl sites for hydroxylation is 2. The first-order valence-electron chi connectivity index (χ1n) is 7.89. The molecule has 6 heteroatoms. The molecule has 0 aliphatic heterocycles. The normalized spacial score (nSPS) is 28.8. The molecular weight excluding hydrogens is 268 g/mol. The molecule has 2 aliphatic carbocycles. The maximum absolute atomic E-state index is 12.5. The van der Waals surface area contributed by atoms with Gasteiger partial charge in [0.15, 0.2) is 0 Å². The Kier molecular flexibility index (Phi) is 3.73. The van der Waals surface area contributed by atoms with Gasteiger partial charge in [-0.15, -0.1) is 0 Å². The van der Waals surface area contributed by atoms with Crippen molar-refractivity contribution in [2.45, 2.75) is 70.5 Å². The van der Waals surface area contributed by atoms with Crippen molar-refractivity contribution in [3.63, 3.8) is 0 Å². The fraction of sp³-hybridized carbons (Fsp3) is 0.800. The van der Waals surface area contributed by atoms with E-state index in [1.165, 1.54) is 0 Å². The number of carbonyl (C=O) groups excluding carboxylic acids is 1. The molecule has 0 aromatic carbocycles. The van der Waals surface area contributed by atoms with Crippen molar-refractivity contribution in [1.29, 1.82) is 0 Å². The Bertz CT molecular complexity index is 538. The largest absolute Gasteiger partial charge is 0.465 e. The second kappa shape index (κ2) is 5.40. The van der Waals surface area contributed by atoms with E-state index in [0.717, 1.165) is 43.8 Å². The van der Waals surface area contributed by atoms with E-state index in [-0.39, 0.29) is 12.0 Å². The smallest absolute Gasteiger partial charge is 0.326 e. The van der Waals surface area contributed by atoms with Gasteiger partial charge in [-0.25, -0.2) is 9.67 Å². The topological polar surface area (TPSA) is 69.0 Å². The molecule has 2 unspecified atom stereocenters. The van der Waals surface area contributed by atoms with E-state index in [2.05, 4.69) is 15.4 Å². The van der Waals surface area contributed by atoms with Gasteiger partial charge in [0.05, 0.1) is 12.6 Å². The Labute approximate surface area is 125 Å². The van der Waals surface area contributed by atoms with Crippen LogP contribution < -0.4 is 5.32 Å². The standard InChI is InChI=1S/C15H24N4O2/c1-4-21-14(20)15(17-12-5-6-12)8-7-13(9-15)19-11(3)16-10(2)18-19/h12-13,17H,4-9H2,1-3H3. The number of hydrogen-bond acceptors (Lipinski definition) is 5. The molecule has 2 aliphatic rings.